The predicted molar refractivity (Wildman–Crippen MR) is 92.0 cm³/mol. The molecule has 2 rings (SSSR count). The first kappa shape index (κ1) is 17.4. The lowest BCUT2D eigenvalue weighted by Crippen LogP contribution is -2.28. The van der Waals surface area contributed by atoms with Crippen LogP contribution in [0.25, 0.3) is 0 Å². The molecule has 0 bridgehead atoms. The summed E-state index contributed by atoms with van der Waals surface area (Å²) < 4.78 is 3.84. The Morgan fingerprint density at radius 1 is 1.35 bits per heavy atom. The molecule has 1 atom stereocenters. The molecule has 23 heavy (non-hydrogen) atoms. The summed E-state index contributed by atoms with van der Waals surface area (Å²) in [4.78, 5) is 14.7. The second-order valence-electron chi connectivity index (χ2n) is 5.51. The number of aliphatic hydroxyl groups is 1. The Bertz CT molecular complexity index is 640. The first-order valence-electron chi connectivity index (χ1n) is 7.57. The Morgan fingerprint density at radius 3 is 2.65 bits per heavy atom. The molecule has 1 aromatic heterocycles. The van der Waals surface area contributed by atoms with Crippen LogP contribution in [0, 0.1) is 0 Å². The van der Waals surface area contributed by atoms with Gasteiger partial charge in [-0.05, 0) is 35.6 Å². The maximum Gasteiger partial charge on any atom is 0.265 e. The number of aliphatic hydroxyl groups excluding tert-OH is 1. The summed E-state index contributed by atoms with van der Waals surface area (Å²) >= 11 is 1.09. The van der Waals surface area contributed by atoms with E-state index in [9.17, 15) is 9.90 Å². The van der Waals surface area contributed by atoms with Gasteiger partial charge in [0.25, 0.3) is 5.91 Å². The number of nitrogens with one attached hydrogen (secondary N) is 1. The summed E-state index contributed by atoms with van der Waals surface area (Å²) in [5.41, 5.74) is 2.55. The van der Waals surface area contributed by atoms with Gasteiger partial charge in [-0.3, -0.25) is 4.79 Å². The molecule has 0 saturated heterocycles. The molecule has 1 unspecified atom stereocenters. The van der Waals surface area contributed by atoms with E-state index in [0.29, 0.717) is 4.88 Å². The van der Waals surface area contributed by atoms with Crippen molar-refractivity contribution in [3.63, 3.8) is 0 Å². The second-order valence-corrected chi connectivity index (χ2v) is 6.26. The van der Waals surface area contributed by atoms with E-state index in [1.807, 2.05) is 50.2 Å². The van der Waals surface area contributed by atoms with Gasteiger partial charge in [0.2, 0.25) is 0 Å². The topological polar surface area (TPSA) is 78.3 Å². The van der Waals surface area contributed by atoms with Crippen molar-refractivity contribution < 1.29 is 9.90 Å². The van der Waals surface area contributed by atoms with Crippen LogP contribution in [0.2, 0.25) is 0 Å². The normalized spacial score (nSPS) is 12.0. The fourth-order valence-electron chi connectivity index (χ4n) is 2.16. The number of benzene rings is 1. The van der Waals surface area contributed by atoms with Gasteiger partial charge in [-0.2, -0.15) is 0 Å². The molecule has 124 valence electrons. The molecule has 0 spiro atoms. The molecule has 0 aliphatic heterocycles. The average molecular weight is 334 g/mol. The molecule has 1 aromatic carbocycles. The van der Waals surface area contributed by atoms with Gasteiger partial charge in [-0.15, -0.1) is 5.10 Å². The van der Waals surface area contributed by atoms with Crippen molar-refractivity contribution in [1.82, 2.24) is 14.9 Å². The third-order valence-corrected chi connectivity index (χ3v) is 4.27. The predicted octanol–water partition coefficient (Wildman–Crippen LogP) is 2.02. The van der Waals surface area contributed by atoms with Gasteiger partial charge in [-0.25, -0.2) is 0 Å². The van der Waals surface area contributed by atoms with E-state index in [1.54, 1.807) is 0 Å². The van der Waals surface area contributed by atoms with Crippen molar-refractivity contribution >= 4 is 23.1 Å². The van der Waals surface area contributed by atoms with Gasteiger partial charge in [0.05, 0.1) is 11.8 Å². The highest BCUT2D eigenvalue weighted by molar-refractivity contribution is 7.08. The van der Waals surface area contributed by atoms with Crippen LogP contribution in [-0.4, -0.2) is 41.2 Å². The quantitative estimate of drug-likeness (QED) is 0.810. The van der Waals surface area contributed by atoms with E-state index in [1.165, 1.54) is 0 Å². The number of nitrogens with zero attached hydrogens (tertiary/aromatic N) is 3. The number of carbonyl (C=O) groups is 1. The number of amides is 1. The van der Waals surface area contributed by atoms with E-state index in [0.717, 1.165) is 41.3 Å². The minimum atomic E-state index is -0.745. The zero-order chi connectivity index (χ0) is 16.8. The van der Waals surface area contributed by atoms with Crippen LogP contribution >= 0.6 is 11.5 Å². The number of aryl methyl sites for hydroxylation is 1. The average Bonchev–Trinajstić information content (AvgIpc) is 3.01. The summed E-state index contributed by atoms with van der Waals surface area (Å²) in [5, 5.41) is 16.9. The van der Waals surface area contributed by atoms with Gasteiger partial charge in [0, 0.05) is 26.3 Å². The molecule has 6 nitrogen and oxygen atoms in total. The van der Waals surface area contributed by atoms with Crippen LogP contribution < -0.4 is 10.2 Å². The van der Waals surface area contributed by atoms with Crippen molar-refractivity contribution in [2.75, 3.05) is 25.5 Å². The Labute approximate surface area is 140 Å². The van der Waals surface area contributed by atoms with Crippen LogP contribution in [0.4, 0.5) is 5.69 Å². The number of aromatic nitrogens is 2. The van der Waals surface area contributed by atoms with Crippen molar-refractivity contribution in [2.24, 2.45) is 0 Å². The first-order valence-corrected chi connectivity index (χ1v) is 8.35. The van der Waals surface area contributed by atoms with Gasteiger partial charge in [0.15, 0.2) is 0 Å². The van der Waals surface area contributed by atoms with E-state index in [4.69, 9.17) is 0 Å². The Kier molecular flexibility index (Phi) is 6.06. The summed E-state index contributed by atoms with van der Waals surface area (Å²) in [6, 6.07) is 7.60. The summed E-state index contributed by atoms with van der Waals surface area (Å²) in [5.74, 6) is -0.229. The van der Waals surface area contributed by atoms with Crippen molar-refractivity contribution in [3.05, 3.63) is 40.4 Å². The van der Waals surface area contributed by atoms with Crippen molar-refractivity contribution in [2.45, 2.75) is 25.9 Å². The maximum absolute atomic E-state index is 12.2. The zero-order valence-electron chi connectivity index (χ0n) is 13.6. The van der Waals surface area contributed by atoms with Crippen LogP contribution in [0.5, 0.6) is 0 Å². The second kappa shape index (κ2) is 8.03. The van der Waals surface area contributed by atoms with Crippen LogP contribution in [0.3, 0.4) is 0 Å². The highest BCUT2D eigenvalue weighted by atomic mass is 32.1. The maximum atomic E-state index is 12.2. The van der Waals surface area contributed by atoms with E-state index >= 15 is 0 Å². The highest BCUT2D eigenvalue weighted by Gasteiger charge is 2.17. The fourth-order valence-corrected chi connectivity index (χ4v) is 2.79. The SMILES string of the molecule is CCCc1nnsc1C(=O)NCC(O)c1ccc(N(C)C)cc1. The molecule has 0 fully saturated rings. The summed E-state index contributed by atoms with van der Waals surface area (Å²) in [6.45, 7) is 2.19. The Morgan fingerprint density at radius 2 is 2.04 bits per heavy atom. The van der Waals surface area contributed by atoms with Gasteiger partial charge in [0.1, 0.15) is 4.88 Å². The number of hydrogen-bond donors (Lipinski definition) is 2. The lowest BCUT2D eigenvalue weighted by atomic mass is 10.1. The third kappa shape index (κ3) is 4.49. The monoisotopic (exact) mass is 334 g/mol. The standard InChI is InChI=1S/C16H22N4O2S/c1-4-5-13-15(23-19-18-13)16(22)17-10-14(21)11-6-8-12(9-7-11)20(2)3/h6-9,14,21H,4-5,10H2,1-3H3,(H,17,22). The highest BCUT2D eigenvalue weighted by Crippen LogP contribution is 2.18. The van der Waals surface area contributed by atoms with E-state index < -0.39 is 6.10 Å². The molecule has 2 N–H and O–H groups in total. The minimum Gasteiger partial charge on any atom is -0.387 e. The van der Waals surface area contributed by atoms with E-state index in [2.05, 4.69) is 14.9 Å². The molecule has 0 saturated carbocycles. The number of anilines is 1. The van der Waals surface area contributed by atoms with Crippen LogP contribution in [0.1, 0.15) is 40.4 Å². The molecular weight excluding hydrogens is 312 g/mol. The van der Waals surface area contributed by atoms with Gasteiger partial charge in [-0.1, -0.05) is 30.0 Å². The number of hydrogen-bond acceptors (Lipinski definition) is 6. The Hall–Kier alpha value is -1.99. The third-order valence-electron chi connectivity index (χ3n) is 3.50. The number of carbonyl (C=O) groups excluding carboxylic acids is 1. The first-order chi connectivity index (χ1) is 11.0. The van der Waals surface area contributed by atoms with Crippen molar-refractivity contribution in [3.8, 4) is 0 Å². The van der Waals surface area contributed by atoms with Crippen LogP contribution in [-0.2, 0) is 6.42 Å². The smallest absolute Gasteiger partial charge is 0.265 e. The lowest BCUT2D eigenvalue weighted by molar-refractivity contribution is 0.0919. The molecule has 7 heteroatoms. The largest absolute Gasteiger partial charge is 0.387 e. The summed E-state index contributed by atoms with van der Waals surface area (Å²) in [6.07, 6.45) is 0.894. The number of rotatable bonds is 7. The minimum absolute atomic E-state index is 0.156. The molecule has 0 radical (unpaired) electrons. The van der Waals surface area contributed by atoms with Crippen LogP contribution in [0.15, 0.2) is 24.3 Å². The van der Waals surface area contributed by atoms with Gasteiger partial charge >= 0.3 is 0 Å². The zero-order valence-corrected chi connectivity index (χ0v) is 14.4. The van der Waals surface area contributed by atoms with Crippen molar-refractivity contribution in [1.29, 1.82) is 0 Å². The molecule has 2 aromatic rings. The lowest BCUT2D eigenvalue weighted by Gasteiger charge is -2.15. The molecular formula is C16H22N4O2S. The Balaban J connectivity index is 1.94. The fraction of sp³-hybridized carbons (Fsp3) is 0.438. The molecule has 1 heterocycles. The van der Waals surface area contributed by atoms with E-state index in [-0.39, 0.29) is 12.5 Å². The van der Waals surface area contributed by atoms with Gasteiger partial charge < -0.3 is 15.3 Å². The molecule has 0 aliphatic carbocycles. The molecule has 0 aliphatic rings. The summed E-state index contributed by atoms with van der Waals surface area (Å²) in [7, 11) is 3.92. The molecule has 1 amide bonds.